The van der Waals surface area contributed by atoms with E-state index in [1.807, 2.05) is 24.3 Å². The van der Waals surface area contributed by atoms with Crippen LogP contribution >= 0.6 is 35.6 Å². The molecule has 126 valence electrons. The summed E-state index contributed by atoms with van der Waals surface area (Å²) in [5, 5.41) is 10.8. The van der Waals surface area contributed by atoms with E-state index in [9.17, 15) is 0 Å². The molecule has 0 aromatic heterocycles. The van der Waals surface area contributed by atoms with Crippen LogP contribution in [0.2, 0.25) is 5.02 Å². The first-order valence-corrected chi connectivity index (χ1v) is 7.68. The molecule has 0 heterocycles. The molecule has 1 atom stereocenters. The van der Waals surface area contributed by atoms with Gasteiger partial charge in [0.2, 0.25) is 0 Å². The number of nitrogens with one attached hydrogen (secondary N) is 3. The molecule has 0 amide bonds. The number of hydrogen-bond donors (Lipinski definition) is 3. The number of guanidine groups is 1. The molecule has 0 aliphatic rings. The van der Waals surface area contributed by atoms with Gasteiger partial charge in [0.15, 0.2) is 5.96 Å². The van der Waals surface area contributed by atoms with Crippen LogP contribution in [0.15, 0.2) is 29.3 Å². The highest BCUT2D eigenvalue weighted by molar-refractivity contribution is 14.0. The van der Waals surface area contributed by atoms with Gasteiger partial charge < -0.3 is 16.0 Å². The first-order valence-electron chi connectivity index (χ1n) is 7.30. The molecule has 1 aromatic carbocycles. The quantitative estimate of drug-likeness (QED) is 0.285. The molecule has 1 aromatic rings. The van der Waals surface area contributed by atoms with Gasteiger partial charge in [-0.05, 0) is 39.3 Å². The molecule has 0 saturated carbocycles. The Morgan fingerprint density at radius 3 is 2.41 bits per heavy atom. The van der Waals surface area contributed by atoms with Gasteiger partial charge in [0.25, 0.3) is 0 Å². The second-order valence-electron chi connectivity index (χ2n) is 6.06. The minimum Gasteiger partial charge on any atom is -0.355 e. The molecular weight excluding hydrogens is 411 g/mol. The van der Waals surface area contributed by atoms with E-state index in [0.29, 0.717) is 0 Å². The molecule has 0 saturated heterocycles. The van der Waals surface area contributed by atoms with Crippen LogP contribution in [0.1, 0.15) is 39.3 Å². The van der Waals surface area contributed by atoms with Gasteiger partial charge in [-0.15, -0.1) is 24.0 Å². The summed E-state index contributed by atoms with van der Waals surface area (Å²) in [5.41, 5.74) is 1.19. The van der Waals surface area contributed by atoms with Crippen molar-refractivity contribution in [1.82, 2.24) is 16.0 Å². The highest BCUT2D eigenvalue weighted by Gasteiger charge is 2.11. The van der Waals surface area contributed by atoms with Gasteiger partial charge in [-0.2, -0.15) is 0 Å². The largest absolute Gasteiger partial charge is 0.355 e. The Morgan fingerprint density at radius 2 is 1.86 bits per heavy atom. The number of aliphatic imine (C=N–C) groups is 1. The number of benzene rings is 1. The van der Waals surface area contributed by atoms with Crippen LogP contribution in [0.4, 0.5) is 0 Å². The summed E-state index contributed by atoms with van der Waals surface area (Å²) in [7, 11) is 1.77. The van der Waals surface area contributed by atoms with E-state index in [1.165, 1.54) is 0 Å². The Hall–Kier alpha value is -0.530. The van der Waals surface area contributed by atoms with Gasteiger partial charge in [-0.25, -0.2) is 0 Å². The smallest absolute Gasteiger partial charge is 0.191 e. The third-order valence-electron chi connectivity index (χ3n) is 3.02. The lowest BCUT2D eigenvalue weighted by molar-refractivity contribution is 0.428. The van der Waals surface area contributed by atoms with E-state index in [-0.39, 0.29) is 35.6 Å². The van der Waals surface area contributed by atoms with E-state index < -0.39 is 0 Å². The van der Waals surface area contributed by atoms with E-state index in [0.717, 1.165) is 29.6 Å². The van der Waals surface area contributed by atoms with Gasteiger partial charge in [-0.1, -0.05) is 29.8 Å². The van der Waals surface area contributed by atoms with Gasteiger partial charge in [-0.3, -0.25) is 4.99 Å². The van der Waals surface area contributed by atoms with Crippen LogP contribution in [0.3, 0.4) is 0 Å². The van der Waals surface area contributed by atoms with Crippen LogP contribution in [-0.2, 0) is 0 Å². The summed E-state index contributed by atoms with van der Waals surface area (Å²) in [6.45, 7) is 10.2. The van der Waals surface area contributed by atoms with Crippen molar-refractivity contribution >= 4 is 41.5 Å². The van der Waals surface area contributed by atoms with E-state index in [2.05, 4.69) is 48.6 Å². The topological polar surface area (TPSA) is 48.5 Å². The second kappa shape index (κ2) is 10.3. The zero-order chi connectivity index (χ0) is 15.9. The molecule has 0 aliphatic carbocycles. The first kappa shape index (κ1) is 21.5. The van der Waals surface area contributed by atoms with Crippen LogP contribution in [0.5, 0.6) is 0 Å². The average molecular weight is 439 g/mol. The highest BCUT2D eigenvalue weighted by Crippen LogP contribution is 2.21. The zero-order valence-electron chi connectivity index (χ0n) is 14.0. The maximum absolute atomic E-state index is 6.21. The van der Waals surface area contributed by atoms with Crippen molar-refractivity contribution in [3.05, 3.63) is 34.9 Å². The maximum Gasteiger partial charge on any atom is 0.191 e. The molecule has 0 aliphatic heterocycles. The van der Waals surface area contributed by atoms with Gasteiger partial charge in [0.1, 0.15) is 0 Å². The summed E-state index contributed by atoms with van der Waals surface area (Å²) in [5.74, 6) is 0.776. The predicted octanol–water partition coefficient (Wildman–Crippen LogP) is 3.57. The molecule has 6 heteroatoms. The van der Waals surface area contributed by atoms with E-state index in [4.69, 9.17) is 11.6 Å². The van der Waals surface area contributed by atoms with Crippen molar-refractivity contribution in [2.75, 3.05) is 20.1 Å². The molecule has 4 nitrogen and oxygen atoms in total. The monoisotopic (exact) mass is 438 g/mol. The Labute approximate surface area is 156 Å². The van der Waals surface area contributed by atoms with Crippen molar-refractivity contribution in [2.24, 2.45) is 4.99 Å². The normalized spacial score (nSPS) is 13.3. The predicted molar refractivity (Wildman–Crippen MR) is 108 cm³/mol. The van der Waals surface area contributed by atoms with Crippen molar-refractivity contribution in [1.29, 1.82) is 0 Å². The summed E-state index contributed by atoms with van der Waals surface area (Å²) >= 11 is 6.21. The Bertz CT molecular complexity index is 471. The third-order valence-corrected chi connectivity index (χ3v) is 3.37. The molecule has 0 radical (unpaired) electrons. The standard InChI is InChI=1S/C16H27ClN4.HI/c1-12(13-8-6-7-9-14(13)17)21-15(18-5)19-10-11-20-16(2,3)4;/h6-9,12,20H,10-11H2,1-5H3,(H2,18,19,21);1H. The highest BCUT2D eigenvalue weighted by atomic mass is 127. The Morgan fingerprint density at radius 1 is 1.23 bits per heavy atom. The molecule has 0 bridgehead atoms. The molecule has 22 heavy (non-hydrogen) atoms. The number of hydrogen-bond acceptors (Lipinski definition) is 2. The Balaban J connectivity index is 0.00000441. The lowest BCUT2D eigenvalue weighted by Crippen LogP contribution is -2.45. The Kier molecular flexibility index (Phi) is 10.0. The summed E-state index contributed by atoms with van der Waals surface area (Å²) in [6, 6.07) is 7.94. The number of nitrogens with zero attached hydrogens (tertiary/aromatic N) is 1. The van der Waals surface area contributed by atoms with Crippen molar-refractivity contribution in [3.63, 3.8) is 0 Å². The maximum atomic E-state index is 6.21. The summed E-state index contributed by atoms with van der Waals surface area (Å²) in [6.07, 6.45) is 0. The van der Waals surface area contributed by atoms with Gasteiger partial charge in [0, 0.05) is 30.7 Å². The third kappa shape index (κ3) is 8.19. The minimum absolute atomic E-state index is 0. The van der Waals surface area contributed by atoms with Crippen molar-refractivity contribution in [3.8, 4) is 0 Å². The summed E-state index contributed by atoms with van der Waals surface area (Å²) in [4.78, 5) is 4.24. The SMILES string of the molecule is CN=C(NCCNC(C)(C)C)NC(C)c1ccccc1Cl.I. The van der Waals surface area contributed by atoms with Crippen LogP contribution < -0.4 is 16.0 Å². The van der Waals surface area contributed by atoms with E-state index >= 15 is 0 Å². The number of rotatable bonds is 5. The summed E-state index contributed by atoms with van der Waals surface area (Å²) < 4.78 is 0. The molecule has 1 unspecified atom stereocenters. The fraction of sp³-hybridized carbons (Fsp3) is 0.562. The van der Waals surface area contributed by atoms with Crippen LogP contribution in [0, 0.1) is 0 Å². The molecule has 0 fully saturated rings. The van der Waals surface area contributed by atoms with Crippen LogP contribution in [0.25, 0.3) is 0 Å². The fourth-order valence-electron chi connectivity index (χ4n) is 1.92. The lowest BCUT2D eigenvalue weighted by Gasteiger charge is -2.22. The molecular formula is C16H28ClIN4. The van der Waals surface area contributed by atoms with Gasteiger partial charge >= 0.3 is 0 Å². The first-order chi connectivity index (χ1) is 9.83. The van der Waals surface area contributed by atoms with Gasteiger partial charge in [0.05, 0.1) is 6.04 Å². The van der Waals surface area contributed by atoms with Crippen molar-refractivity contribution in [2.45, 2.75) is 39.3 Å². The van der Waals surface area contributed by atoms with E-state index in [1.54, 1.807) is 7.05 Å². The fourth-order valence-corrected chi connectivity index (χ4v) is 2.22. The zero-order valence-corrected chi connectivity index (χ0v) is 17.1. The lowest BCUT2D eigenvalue weighted by atomic mass is 10.1. The molecule has 1 rings (SSSR count). The second-order valence-corrected chi connectivity index (χ2v) is 6.47. The van der Waals surface area contributed by atoms with Crippen molar-refractivity contribution < 1.29 is 0 Å². The van der Waals surface area contributed by atoms with Crippen LogP contribution in [-0.4, -0.2) is 31.6 Å². The minimum atomic E-state index is 0. The average Bonchev–Trinajstić information content (AvgIpc) is 2.41. The molecule has 3 N–H and O–H groups in total. The number of halogens is 2. The molecule has 0 spiro atoms.